The third-order valence-electron chi connectivity index (χ3n) is 4.99. The first kappa shape index (κ1) is 18.6. The Morgan fingerprint density at radius 2 is 2.19 bits per heavy atom. The van der Waals surface area contributed by atoms with E-state index in [1.165, 1.54) is 11.3 Å². The van der Waals surface area contributed by atoms with Gasteiger partial charge in [0.05, 0.1) is 5.56 Å². The van der Waals surface area contributed by atoms with Gasteiger partial charge in [-0.2, -0.15) is 0 Å². The molecule has 1 aliphatic rings. The van der Waals surface area contributed by atoms with Crippen molar-refractivity contribution in [3.63, 3.8) is 0 Å². The first-order valence-corrected chi connectivity index (χ1v) is 10.1. The Morgan fingerprint density at radius 1 is 1.38 bits per heavy atom. The van der Waals surface area contributed by atoms with E-state index in [0.29, 0.717) is 12.0 Å². The summed E-state index contributed by atoms with van der Waals surface area (Å²) in [5, 5.41) is 2.76. The Hall–Kier alpha value is -2.15. The lowest BCUT2D eigenvalue weighted by Crippen LogP contribution is -2.26. The van der Waals surface area contributed by atoms with Crippen molar-refractivity contribution in [1.29, 1.82) is 0 Å². The molecular formula is C19H26N4O2S. The fraction of sp³-hybridized carbons (Fsp3) is 0.526. The minimum Gasteiger partial charge on any atom is -0.366 e. The van der Waals surface area contributed by atoms with Gasteiger partial charge in [-0.3, -0.25) is 9.59 Å². The first-order valence-electron chi connectivity index (χ1n) is 9.24. The molecule has 26 heavy (non-hydrogen) atoms. The second kappa shape index (κ2) is 8.03. The molecule has 2 amide bonds. The van der Waals surface area contributed by atoms with Gasteiger partial charge >= 0.3 is 0 Å². The number of amides is 2. The standard InChI is InChI=1S/C19H26N4O2S/c1-3-6-14-17(19-21-8-12-26-19)16(18(20)25)13(2)23(14)11-5-10-22-9-4-7-15(22)24/h8,12H,3-7,9-11H2,1-2H3,(H2,20,25). The molecule has 1 fully saturated rings. The molecule has 2 aromatic heterocycles. The zero-order chi connectivity index (χ0) is 18.7. The lowest BCUT2D eigenvalue weighted by molar-refractivity contribution is -0.127. The van der Waals surface area contributed by atoms with E-state index in [-0.39, 0.29) is 5.91 Å². The van der Waals surface area contributed by atoms with Crippen LogP contribution in [0.25, 0.3) is 10.6 Å². The predicted octanol–water partition coefficient (Wildman–Crippen LogP) is 2.98. The minimum absolute atomic E-state index is 0.254. The van der Waals surface area contributed by atoms with E-state index in [1.54, 1.807) is 6.20 Å². The highest BCUT2D eigenvalue weighted by Gasteiger charge is 2.26. The summed E-state index contributed by atoms with van der Waals surface area (Å²) in [5.41, 5.74) is 9.22. The van der Waals surface area contributed by atoms with Gasteiger partial charge in [0.1, 0.15) is 5.01 Å². The molecular weight excluding hydrogens is 348 g/mol. The van der Waals surface area contributed by atoms with Crippen molar-refractivity contribution in [2.24, 2.45) is 5.73 Å². The van der Waals surface area contributed by atoms with Gasteiger partial charge in [0, 0.05) is 54.6 Å². The molecule has 0 aromatic carbocycles. The number of hydrogen-bond acceptors (Lipinski definition) is 4. The summed E-state index contributed by atoms with van der Waals surface area (Å²) in [4.78, 5) is 30.3. The molecule has 7 heteroatoms. The molecule has 0 aliphatic carbocycles. The van der Waals surface area contributed by atoms with Crippen LogP contribution in [0.4, 0.5) is 0 Å². The number of carbonyl (C=O) groups excluding carboxylic acids is 2. The highest BCUT2D eigenvalue weighted by Crippen LogP contribution is 2.35. The van der Waals surface area contributed by atoms with Crippen LogP contribution in [0.5, 0.6) is 0 Å². The zero-order valence-corrected chi connectivity index (χ0v) is 16.3. The smallest absolute Gasteiger partial charge is 0.251 e. The topological polar surface area (TPSA) is 81.2 Å². The average Bonchev–Trinajstić information content (AvgIpc) is 3.31. The van der Waals surface area contributed by atoms with Crippen LogP contribution < -0.4 is 5.73 Å². The Labute approximate surface area is 158 Å². The lowest BCUT2D eigenvalue weighted by atomic mass is 10.1. The third kappa shape index (κ3) is 3.53. The monoisotopic (exact) mass is 374 g/mol. The summed E-state index contributed by atoms with van der Waals surface area (Å²) in [7, 11) is 0. The second-order valence-electron chi connectivity index (χ2n) is 6.72. The van der Waals surface area contributed by atoms with Crippen molar-refractivity contribution in [2.45, 2.75) is 52.5 Å². The van der Waals surface area contributed by atoms with Gasteiger partial charge < -0.3 is 15.2 Å². The van der Waals surface area contributed by atoms with Gasteiger partial charge in [0.15, 0.2) is 0 Å². The molecule has 3 rings (SSSR count). The molecule has 2 N–H and O–H groups in total. The minimum atomic E-state index is -0.404. The fourth-order valence-electron chi connectivity index (χ4n) is 3.84. The highest BCUT2D eigenvalue weighted by atomic mass is 32.1. The maximum absolute atomic E-state index is 12.2. The first-order chi connectivity index (χ1) is 12.5. The van der Waals surface area contributed by atoms with E-state index in [1.807, 2.05) is 17.2 Å². The summed E-state index contributed by atoms with van der Waals surface area (Å²) in [6.07, 6.45) is 6.10. The predicted molar refractivity (Wildman–Crippen MR) is 103 cm³/mol. The van der Waals surface area contributed by atoms with Gasteiger partial charge in [-0.05, 0) is 26.2 Å². The summed E-state index contributed by atoms with van der Waals surface area (Å²) in [6.45, 7) is 6.49. The molecule has 1 saturated heterocycles. The maximum atomic E-state index is 12.2. The number of likely N-dealkylation sites (tertiary alicyclic amines) is 1. The molecule has 2 aromatic rings. The van der Waals surface area contributed by atoms with Crippen LogP contribution in [-0.4, -0.2) is 39.4 Å². The number of hydrogen-bond donors (Lipinski definition) is 1. The Bertz CT molecular complexity index is 795. The van der Waals surface area contributed by atoms with E-state index in [2.05, 4.69) is 16.5 Å². The number of carbonyl (C=O) groups is 2. The Kier molecular flexibility index (Phi) is 5.76. The van der Waals surface area contributed by atoms with E-state index >= 15 is 0 Å². The van der Waals surface area contributed by atoms with Crippen LogP contribution in [-0.2, 0) is 17.8 Å². The normalized spacial score (nSPS) is 14.4. The largest absolute Gasteiger partial charge is 0.366 e. The van der Waals surface area contributed by atoms with E-state index in [9.17, 15) is 9.59 Å². The maximum Gasteiger partial charge on any atom is 0.251 e. The quantitative estimate of drug-likeness (QED) is 0.771. The van der Waals surface area contributed by atoms with Gasteiger partial charge in [-0.25, -0.2) is 4.98 Å². The van der Waals surface area contributed by atoms with Crippen LogP contribution in [0.3, 0.4) is 0 Å². The van der Waals surface area contributed by atoms with E-state index in [0.717, 1.165) is 67.3 Å². The summed E-state index contributed by atoms with van der Waals surface area (Å²) in [5.74, 6) is -0.150. The molecule has 0 atom stereocenters. The number of rotatable bonds is 8. The highest BCUT2D eigenvalue weighted by molar-refractivity contribution is 7.13. The number of nitrogens with two attached hydrogens (primary N) is 1. The van der Waals surface area contributed by atoms with Crippen LogP contribution in [0.2, 0.25) is 0 Å². The van der Waals surface area contributed by atoms with Gasteiger partial charge in [-0.1, -0.05) is 13.3 Å². The zero-order valence-electron chi connectivity index (χ0n) is 15.5. The average molecular weight is 375 g/mol. The van der Waals surface area contributed by atoms with Crippen molar-refractivity contribution in [1.82, 2.24) is 14.5 Å². The van der Waals surface area contributed by atoms with Crippen molar-refractivity contribution in [3.8, 4) is 10.6 Å². The molecule has 1 aliphatic heterocycles. The van der Waals surface area contributed by atoms with Crippen LogP contribution in [0, 0.1) is 6.92 Å². The molecule has 140 valence electrons. The van der Waals surface area contributed by atoms with Gasteiger partial charge in [0.2, 0.25) is 5.91 Å². The van der Waals surface area contributed by atoms with Crippen LogP contribution in [0.1, 0.15) is 54.4 Å². The number of primary amides is 1. The number of nitrogens with zero attached hydrogens (tertiary/aromatic N) is 3. The molecule has 0 saturated carbocycles. The summed E-state index contributed by atoms with van der Waals surface area (Å²) in [6, 6.07) is 0. The van der Waals surface area contributed by atoms with E-state index in [4.69, 9.17) is 5.73 Å². The Balaban J connectivity index is 1.91. The van der Waals surface area contributed by atoms with E-state index < -0.39 is 5.91 Å². The lowest BCUT2D eigenvalue weighted by Gasteiger charge is -2.17. The molecule has 0 spiro atoms. The number of aromatic nitrogens is 2. The molecule has 0 radical (unpaired) electrons. The van der Waals surface area contributed by atoms with Crippen molar-refractivity contribution in [3.05, 3.63) is 28.5 Å². The third-order valence-corrected chi connectivity index (χ3v) is 5.78. The fourth-order valence-corrected chi connectivity index (χ4v) is 4.55. The summed E-state index contributed by atoms with van der Waals surface area (Å²) < 4.78 is 2.21. The van der Waals surface area contributed by atoms with Crippen LogP contribution >= 0.6 is 11.3 Å². The van der Waals surface area contributed by atoms with Crippen molar-refractivity contribution < 1.29 is 9.59 Å². The molecule has 6 nitrogen and oxygen atoms in total. The molecule has 0 bridgehead atoms. The van der Waals surface area contributed by atoms with Gasteiger partial charge in [0.25, 0.3) is 5.91 Å². The molecule has 3 heterocycles. The molecule has 0 unspecified atom stereocenters. The Morgan fingerprint density at radius 3 is 2.77 bits per heavy atom. The SMILES string of the molecule is CCCc1c(-c2nccs2)c(C(N)=O)c(C)n1CCCN1CCCC1=O. The van der Waals surface area contributed by atoms with Gasteiger partial charge in [-0.15, -0.1) is 11.3 Å². The second-order valence-corrected chi connectivity index (χ2v) is 7.62. The van der Waals surface area contributed by atoms with Crippen molar-refractivity contribution in [2.75, 3.05) is 13.1 Å². The van der Waals surface area contributed by atoms with Crippen molar-refractivity contribution >= 4 is 23.2 Å². The number of thiazole rings is 1. The van der Waals surface area contributed by atoms with Crippen LogP contribution in [0.15, 0.2) is 11.6 Å². The summed E-state index contributed by atoms with van der Waals surface area (Å²) >= 11 is 1.53.